The maximum absolute atomic E-state index is 12.5. The van der Waals surface area contributed by atoms with E-state index in [-0.39, 0.29) is 24.0 Å². The van der Waals surface area contributed by atoms with Gasteiger partial charge in [0, 0.05) is 55.9 Å². The lowest BCUT2D eigenvalue weighted by atomic mass is 9.93. The quantitative estimate of drug-likeness (QED) is 0.586. The lowest BCUT2D eigenvalue weighted by molar-refractivity contribution is -0.113. The van der Waals surface area contributed by atoms with Crippen LogP contribution in [-0.4, -0.2) is 82.6 Å². The molecule has 0 spiro atoms. The smallest absolute Gasteiger partial charge is 0.135 e. The van der Waals surface area contributed by atoms with Crippen LogP contribution in [0.15, 0.2) is 30.6 Å². The Morgan fingerprint density at radius 2 is 1.71 bits per heavy atom. The summed E-state index contributed by atoms with van der Waals surface area (Å²) < 4.78 is 0. The van der Waals surface area contributed by atoms with Crippen LogP contribution in [0.4, 0.5) is 5.82 Å². The van der Waals surface area contributed by atoms with E-state index in [1.54, 1.807) is 6.33 Å². The number of hydrogen-bond acceptors (Lipinski definition) is 8. The van der Waals surface area contributed by atoms with Crippen LogP contribution in [0.2, 0.25) is 5.02 Å². The lowest BCUT2D eigenvalue weighted by Gasteiger charge is -2.48. The van der Waals surface area contributed by atoms with Crippen LogP contribution in [-0.2, 0) is 4.79 Å². The van der Waals surface area contributed by atoms with Crippen molar-refractivity contribution in [2.45, 2.75) is 56.3 Å². The predicted molar refractivity (Wildman–Crippen MR) is 137 cm³/mol. The maximum Gasteiger partial charge on any atom is 0.135 e. The van der Waals surface area contributed by atoms with Gasteiger partial charge in [-0.05, 0) is 42.9 Å². The molecule has 8 nitrogen and oxygen atoms in total. The Labute approximate surface area is 212 Å². The molecule has 2 saturated heterocycles. The minimum absolute atomic E-state index is 0.0276. The van der Waals surface area contributed by atoms with Crippen molar-refractivity contribution in [3.05, 3.63) is 52.4 Å². The van der Waals surface area contributed by atoms with E-state index in [0.717, 1.165) is 81.0 Å². The zero-order valence-electron chi connectivity index (χ0n) is 20.3. The van der Waals surface area contributed by atoms with Gasteiger partial charge in [0.15, 0.2) is 0 Å². The molecule has 3 aliphatic rings. The van der Waals surface area contributed by atoms with E-state index in [4.69, 9.17) is 17.3 Å². The number of carbonyl (C=O) groups excluding carboxylic acids is 1. The first-order valence-electron chi connectivity index (χ1n) is 12.7. The van der Waals surface area contributed by atoms with E-state index in [0.29, 0.717) is 11.4 Å². The third-order valence-electron chi connectivity index (χ3n) is 7.94. The van der Waals surface area contributed by atoms with Crippen molar-refractivity contribution in [3.8, 4) is 0 Å². The summed E-state index contributed by atoms with van der Waals surface area (Å²) in [6.45, 7) is 7.17. The van der Waals surface area contributed by atoms with Crippen LogP contribution >= 0.6 is 11.6 Å². The van der Waals surface area contributed by atoms with Gasteiger partial charge in [-0.1, -0.05) is 30.7 Å². The van der Waals surface area contributed by atoms with Gasteiger partial charge in [-0.2, -0.15) is 0 Å². The number of aromatic nitrogens is 2. The molecule has 0 radical (unpaired) electrons. The van der Waals surface area contributed by atoms with Crippen molar-refractivity contribution >= 4 is 23.7 Å². The third-order valence-corrected chi connectivity index (χ3v) is 8.19. The number of rotatable bonds is 6. The molecule has 35 heavy (non-hydrogen) atoms. The van der Waals surface area contributed by atoms with Crippen molar-refractivity contribution in [2.24, 2.45) is 5.73 Å². The Kier molecular flexibility index (Phi) is 7.37. The summed E-state index contributed by atoms with van der Waals surface area (Å²) >= 11 is 6.13. The van der Waals surface area contributed by atoms with Gasteiger partial charge in [-0.15, -0.1) is 0 Å². The third kappa shape index (κ3) is 4.95. The fourth-order valence-electron chi connectivity index (χ4n) is 6.03. The number of aldehydes is 1. The van der Waals surface area contributed by atoms with Crippen LogP contribution in [0.1, 0.15) is 60.9 Å². The number of carbonyl (C=O) groups is 1. The highest BCUT2D eigenvalue weighted by atomic mass is 35.5. The van der Waals surface area contributed by atoms with Gasteiger partial charge in [0.1, 0.15) is 18.4 Å². The maximum atomic E-state index is 12.5. The Hall–Kier alpha value is -2.10. The monoisotopic (exact) mass is 498 g/mol. The summed E-state index contributed by atoms with van der Waals surface area (Å²) in [7, 11) is 0. The molecule has 1 aromatic carbocycles. The average Bonchev–Trinajstić information content (AvgIpc) is 3.17. The van der Waals surface area contributed by atoms with E-state index >= 15 is 0 Å². The number of benzene rings is 1. The second kappa shape index (κ2) is 10.5. The molecular weight excluding hydrogens is 464 g/mol. The van der Waals surface area contributed by atoms with Crippen molar-refractivity contribution in [1.29, 1.82) is 0 Å². The van der Waals surface area contributed by atoms with Crippen LogP contribution < -0.4 is 10.6 Å². The first-order valence-corrected chi connectivity index (χ1v) is 13.1. The number of fused-ring (bicyclic) bond motifs is 1. The van der Waals surface area contributed by atoms with E-state index in [9.17, 15) is 9.90 Å². The fraction of sp³-hybridized carbons (Fsp3) is 0.577. The number of aliphatic hydroxyl groups excluding tert-OH is 1. The van der Waals surface area contributed by atoms with Gasteiger partial charge < -0.3 is 20.5 Å². The molecule has 188 valence electrons. The van der Waals surface area contributed by atoms with Crippen LogP contribution in [0.3, 0.4) is 0 Å². The Balaban J connectivity index is 1.37. The second-order valence-corrected chi connectivity index (χ2v) is 10.6. The van der Waals surface area contributed by atoms with Gasteiger partial charge in [-0.25, -0.2) is 9.97 Å². The molecule has 1 aliphatic carbocycles. The molecule has 4 atom stereocenters. The first-order chi connectivity index (χ1) is 17.0. The number of hydrogen-bond donors (Lipinski definition) is 2. The van der Waals surface area contributed by atoms with E-state index in [1.807, 2.05) is 24.3 Å². The molecule has 2 aliphatic heterocycles. The molecule has 2 fully saturated rings. The summed E-state index contributed by atoms with van der Waals surface area (Å²) in [6.07, 6.45) is 4.71. The number of piperazine rings is 1. The van der Waals surface area contributed by atoms with Crippen molar-refractivity contribution in [3.63, 3.8) is 0 Å². The van der Waals surface area contributed by atoms with E-state index in [1.165, 1.54) is 0 Å². The molecule has 0 amide bonds. The lowest BCUT2D eigenvalue weighted by Crippen LogP contribution is -2.60. The number of nitrogens with two attached hydrogens (primary N) is 1. The average molecular weight is 499 g/mol. The number of likely N-dealkylation sites (tertiary alicyclic amines) is 1. The van der Waals surface area contributed by atoms with Gasteiger partial charge in [0.05, 0.1) is 23.9 Å². The minimum Gasteiger partial charge on any atom is -0.387 e. The molecular formula is C26H35ClN6O2. The molecule has 1 aromatic heterocycles. The van der Waals surface area contributed by atoms with Gasteiger partial charge in [0.2, 0.25) is 0 Å². The molecule has 3 N–H and O–H groups in total. The Bertz CT molecular complexity index is 1020. The van der Waals surface area contributed by atoms with E-state index < -0.39 is 6.10 Å². The molecule has 0 saturated carbocycles. The minimum atomic E-state index is -0.509. The molecule has 2 unspecified atom stereocenters. The fourth-order valence-corrected chi connectivity index (χ4v) is 6.15. The van der Waals surface area contributed by atoms with Crippen LogP contribution in [0, 0.1) is 0 Å². The standard InChI is InChI=1S/C26H35ClN6O2/c1-17-14-22(35)24-23(17)25(30-16-29-24)31-10-12-33(13-11-31)26(32-8-6-20(28)7-9-32)21(15-34)18-2-4-19(27)5-3-18/h2-5,15-17,20-22,26,35H,6-14,28H2,1H3/t17-,21?,22-,26?/m1/s1. The highest BCUT2D eigenvalue weighted by molar-refractivity contribution is 6.30. The zero-order chi connectivity index (χ0) is 24.5. The van der Waals surface area contributed by atoms with E-state index in [2.05, 4.69) is 31.6 Å². The largest absolute Gasteiger partial charge is 0.387 e. The van der Waals surface area contributed by atoms with Gasteiger partial charge >= 0.3 is 0 Å². The normalized spacial score (nSPS) is 25.9. The van der Waals surface area contributed by atoms with Crippen LogP contribution in [0.25, 0.3) is 0 Å². The van der Waals surface area contributed by atoms with Gasteiger partial charge in [0.25, 0.3) is 0 Å². The van der Waals surface area contributed by atoms with Crippen molar-refractivity contribution < 1.29 is 9.90 Å². The summed E-state index contributed by atoms with van der Waals surface area (Å²) in [5.74, 6) is 0.916. The Morgan fingerprint density at radius 3 is 2.37 bits per heavy atom. The zero-order valence-corrected chi connectivity index (χ0v) is 21.0. The van der Waals surface area contributed by atoms with Gasteiger partial charge in [-0.3, -0.25) is 9.80 Å². The number of piperidine rings is 1. The van der Waals surface area contributed by atoms with Crippen molar-refractivity contribution in [2.75, 3.05) is 44.2 Å². The first kappa shape index (κ1) is 24.6. The number of halogens is 1. The summed E-state index contributed by atoms with van der Waals surface area (Å²) in [6, 6.07) is 7.89. The molecule has 3 heterocycles. The SMILES string of the molecule is C[C@@H]1C[C@@H](O)c2ncnc(N3CCN(C(C(C=O)c4ccc(Cl)cc4)N4CCC(N)CC4)CC3)c21. The second-order valence-electron chi connectivity index (χ2n) is 10.2. The highest BCUT2D eigenvalue weighted by Gasteiger charge is 2.38. The molecule has 9 heteroatoms. The summed E-state index contributed by atoms with van der Waals surface area (Å²) in [5.41, 5.74) is 9.05. The topological polar surface area (TPSA) is 98.8 Å². The number of aliphatic hydroxyl groups is 1. The predicted octanol–water partition coefficient (Wildman–Crippen LogP) is 2.52. The van der Waals surface area contributed by atoms with Crippen molar-refractivity contribution in [1.82, 2.24) is 19.8 Å². The molecule has 2 aromatic rings. The Morgan fingerprint density at radius 1 is 1.06 bits per heavy atom. The number of anilines is 1. The summed E-state index contributed by atoms with van der Waals surface area (Å²) in [4.78, 5) is 28.7. The summed E-state index contributed by atoms with van der Waals surface area (Å²) in [5, 5.41) is 11.1. The van der Waals surface area contributed by atoms with Crippen LogP contribution in [0.5, 0.6) is 0 Å². The number of nitrogens with zero attached hydrogens (tertiary/aromatic N) is 5. The molecule has 5 rings (SSSR count). The molecule has 0 bridgehead atoms. The highest BCUT2D eigenvalue weighted by Crippen LogP contribution is 2.43.